The highest BCUT2D eigenvalue weighted by atomic mass is 32.2. The number of hydrogen-bond donors (Lipinski definition) is 2. The summed E-state index contributed by atoms with van der Waals surface area (Å²) >= 11 is 0. The molecule has 0 saturated carbocycles. The van der Waals surface area contributed by atoms with Crippen LogP contribution in [0, 0.1) is 0 Å². The summed E-state index contributed by atoms with van der Waals surface area (Å²) in [5.41, 5.74) is -1.37. The van der Waals surface area contributed by atoms with Crippen LogP contribution in [0.25, 0.3) is 11.0 Å². The van der Waals surface area contributed by atoms with E-state index in [1.165, 1.54) is 10.4 Å². The summed E-state index contributed by atoms with van der Waals surface area (Å²) in [6, 6.07) is 4.70. The van der Waals surface area contributed by atoms with Crippen LogP contribution in [-0.2, 0) is 10.0 Å². The quantitative estimate of drug-likeness (QED) is 0.633. The van der Waals surface area contributed by atoms with Crippen LogP contribution < -0.4 is 16.0 Å². The number of aromatic nitrogens is 4. The van der Waals surface area contributed by atoms with E-state index in [1.54, 1.807) is 24.5 Å². The van der Waals surface area contributed by atoms with E-state index >= 15 is 0 Å². The van der Waals surface area contributed by atoms with Gasteiger partial charge in [-0.3, -0.25) is 19.7 Å². The zero-order valence-electron chi connectivity index (χ0n) is 14.0. The van der Waals surface area contributed by atoms with Crippen LogP contribution in [0.4, 0.5) is 0 Å². The Hall–Kier alpha value is -3.05. The lowest BCUT2D eigenvalue weighted by atomic mass is 10.3. The summed E-state index contributed by atoms with van der Waals surface area (Å²) in [5, 5.41) is -0.00182. The first-order chi connectivity index (χ1) is 12.9. The second-order valence-corrected chi connectivity index (χ2v) is 7.99. The van der Waals surface area contributed by atoms with E-state index < -0.39 is 21.3 Å². The van der Waals surface area contributed by atoms with Gasteiger partial charge in [-0.25, -0.2) is 18.2 Å². The number of fused-ring (bicyclic) bond motifs is 1. The number of nitrogens with zero attached hydrogens (tertiary/aromatic N) is 3. The van der Waals surface area contributed by atoms with Crippen LogP contribution in [0.2, 0.25) is 0 Å². The van der Waals surface area contributed by atoms with E-state index in [0.717, 1.165) is 6.20 Å². The molecule has 0 aromatic carbocycles. The highest BCUT2D eigenvalue weighted by Gasteiger charge is 2.34. The first-order valence-electron chi connectivity index (χ1n) is 8.13. The van der Waals surface area contributed by atoms with Crippen LogP contribution in [0.3, 0.4) is 0 Å². The number of H-pyrrole nitrogens is 2. The summed E-state index contributed by atoms with van der Waals surface area (Å²) < 4.78 is 32.8. The maximum Gasteiger partial charge on any atom is 0.327 e. The Morgan fingerprint density at radius 1 is 1.22 bits per heavy atom. The Bertz CT molecular complexity index is 1210. The van der Waals surface area contributed by atoms with Crippen molar-refractivity contribution in [1.82, 2.24) is 24.2 Å². The minimum Gasteiger partial charge on any atom is -0.487 e. The van der Waals surface area contributed by atoms with E-state index in [1.807, 2.05) is 0 Å². The fraction of sp³-hybridized carbons (Fsp3) is 0.250. The molecule has 11 heteroatoms. The summed E-state index contributed by atoms with van der Waals surface area (Å²) in [5.74, 6) is 0.574. The van der Waals surface area contributed by atoms with Gasteiger partial charge in [0.25, 0.3) is 5.56 Å². The Kier molecular flexibility index (Phi) is 4.24. The lowest BCUT2D eigenvalue weighted by molar-refractivity contribution is 0.214. The molecule has 0 bridgehead atoms. The van der Waals surface area contributed by atoms with E-state index in [-0.39, 0.29) is 35.1 Å². The van der Waals surface area contributed by atoms with Gasteiger partial charge in [0, 0.05) is 18.9 Å². The van der Waals surface area contributed by atoms with Crippen molar-refractivity contribution >= 4 is 21.1 Å². The largest absolute Gasteiger partial charge is 0.487 e. The number of aromatic amines is 2. The van der Waals surface area contributed by atoms with E-state index in [4.69, 9.17) is 4.74 Å². The summed E-state index contributed by atoms with van der Waals surface area (Å²) in [7, 11) is -3.85. The maximum atomic E-state index is 12.9. The van der Waals surface area contributed by atoms with Crippen LogP contribution in [0.15, 0.2) is 51.3 Å². The van der Waals surface area contributed by atoms with Gasteiger partial charge in [-0.2, -0.15) is 4.31 Å². The van der Waals surface area contributed by atoms with Gasteiger partial charge >= 0.3 is 5.69 Å². The van der Waals surface area contributed by atoms with Gasteiger partial charge in [0.05, 0.1) is 18.1 Å². The predicted octanol–water partition coefficient (Wildman–Crippen LogP) is -0.152. The number of rotatable bonds is 4. The third kappa shape index (κ3) is 3.34. The van der Waals surface area contributed by atoms with Crippen molar-refractivity contribution in [2.45, 2.75) is 17.4 Å². The molecule has 1 aliphatic rings. The molecule has 1 aliphatic heterocycles. The van der Waals surface area contributed by atoms with Gasteiger partial charge in [0.1, 0.15) is 22.4 Å². The summed E-state index contributed by atoms with van der Waals surface area (Å²) in [6.07, 6.45) is 4.56. The van der Waals surface area contributed by atoms with Crippen LogP contribution in [0.1, 0.15) is 6.42 Å². The van der Waals surface area contributed by atoms with Crippen LogP contribution >= 0.6 is 0 Å². The van der Waals surface area contributed by atoms with E-state index in [9.17, 15) is 18.0 Å². The molecule has 1 atom stereocenters. The average molecular weight is 389 g/mol. The van der Waals surface area contributed by atoms with E-state index in [2.05, 4.69) is 19.9 Å². The number of ether oxygens (including phenoxy) is 1. The van der Waals surface area contributed by atoms with Crippen LogP contribution in [-0.4, -0.2) is 51.9 Å². The third-order valence-corrected chi connectivity index (χ3v) is 6.08. The second-order valence-electron chi connectivity index (χ2n) is 6.06. The second kappa shape index (κ2) is 6.59. The molecular weight excluding hydrogens is 374 g/mol. The molecule has 4 heterocycles. The minimum absolute atomic E-state index is 0.00182. The molecule has 3 aromatic rings. The Morgan fingerprint density at radius 2 is 2.07 bits per heavy atom. The fourth-order valence-electron chi connectivity index (χ4n) is 2.94. The maximum absolute atomic E-state index is 12.9. The normalized spacial score (nSPS) is 18.0. The molecule has 1 saturated heterocycles. The monoisotopic (exact) mass is 389 g/mol. The lowest BCUT2D eigenvalue weighted by Crippen LogP contribution is -2.31. The fourth-order valence-corrected chi connectivity index (χ4v) is 4.40. The zero-order chi connectivity index (χ0) is 19.0. The SMILES string of the molecule is O=c1[nH]c(=O)c2cc(S(=O)(=O)N3CC[C@H](Oc4cccnc4)C3)cnc2[nH]1. The molecule has 4 rings (SSSR count). The molecule has 27 heavy (non-hydrogen) atoms. The van der Waals surface area contributed by atoms with Crippen molar-refractivity contribution in [1.29, 1.82) is 0 Å². The molecule has 0 radical (unpaired) electrons. The molecule has 140 valence electrons. The lowest BCUT2D eigenvalue weighted by Gasteiger charge is -2.17. The Balaban J connectivity index is 1.59. The van der Waals surface area contributed by atoms with E-state index in [0.29, 0.717) is 12.2 Å². The summed E-state index contributed by atoms with van der Waals surface area (Å²) in [6.45, 7) is 0.463. The van der Waals surface area contributed by atoms with Gasteiger partial charge in [-0.15, -0.1) is 0 Å². The van der Waals surface area contributed by atoms with Gasteiger partial charge in [-0.05, 0) is 24.6 Å². The number of hydrogen-bond acceptors (Lipinski definition) is 7. The average Bonchev–Trinajstić information content (AvgIpc) is 3.11. The molecule has 0 aliphatic carbocycles. The molecule has 3 aromatic heterocycles. The molecule has 0 spiro atoms. The number of nitrogens with one attached hydrogen (secondary N) is 2. The third-order valence-electron chi connectivity index (χ3n) is 4.25. The topological polar surface area (TPSA) is 138 Å². The Labute approximate surface area is 152 Å². The minimum atomic E-state index is -3.85. The predicted molar refractivity (Wildman–Crippen MR) is 95.0 cm³/mol. The molecule has 2 N–H and O–H groups in total. The zero-order valence-corrected chi connectivity index (χ0v) is 14.8. The smallest absolute Gasteiger partial charge is 0.327 e. The highest BCUT2D eigenvalue weighted by molar-refractivity contribution is 7.89. The molecule has 0 unspecified atom stereocenters. The van der Waals surface area contributed by atoms with Crippen molar-refractivity contribution in [3.8, 4) is 5.75 Å². The van der Waals surface area contributed by atoms with Gasteiger partial charge < -0.3 is 4.74 Å². The van der Waals surface area contributed by atoms with Crippen molar-refractivity contribution in [2.75, 3.05) is 13.1 Å². The number of sulfonamides is 1. The summed E-state index contributed by atoms with van der Waals surface area (Å²) in [4.78, 5) is 35.4. The highest BCUT2D eigenvalue weighted by Crippen LogP contribution is 2.24. The van der Waals surface area contributed by atoms with Crippen LogP contribution in [0.5, 0.6) is 5.75 Å². The van der Waals surface area contributed by atoms with Gasteiger partial charge in [-0.1, -0.05) is 0 Å². The van der Waals surface area contributed by atoms with Gasteiger partial charge in [0.15, 0.2) is 0 Å². The molecule has 1 fully saturated rings. The van der Waals surface area contributed by atoms with Crippen molar-refractivity contribution in [2.24, 2.45) is 0 Å². The van der Waals surface area contributed by atoms with Crippen molar-refractivity contribution in [3.05, 3.63) is 57.6 Å². The van der Waals surface area contributed by atoms with Crippen molar-refractivity contribution < 1.29 is 13.2 Å². The first-order valence-corrected chi connectivity index (χ1v) is 9.57. The standard InChI is InChI=1S/C16H15N5O5S/c22-15-13-6-12(8-18-14(13)19-16(23)20-15)27(24,25)21-5-3-11(9-21)26-10-2-1-4-17-7-10/h1-2,4,6-8,11H,3,5,9H2,(H2,18,19,20,22,23)/t11-/m0/s1. The first kappa shape index (κ1) is 17.4. The molecule has 0 amide bonds. The number of pyridine rings is 2. The van der Waals surface area contributed by atoms with Gasteiger partial charge in [0.2, 0.25) is 10.0 Å². The molecular formula is C16H15N5O5S. The Morgan fingerprint density at radius 3 is 2.85 bits per heavy atom. The molecule has 10 nitrogen and oxygen atoms in total. The van der Waals surface area contributed by atoms with Crippen molar-refractivity contribution in [3.63, 3.8) is 0 Å².